The van der Waals surface area contributed by atoms with Crippen molar-refractivity contribution in [1.82, 2.24) is 5.32 Å². The molecule has 0 radical (unpaired) electrons. The molecule has 18 heavy (non-hydrogen) atoms. The van der Waals surface area contributed by atoms with Crippen LogP contribution in [0.4, 0.5) is 0 Å². The highest BCUT2D eigenvalue weighted by Gasteiger charge is 2.05. The molecule has 0 atom stereocenters. The van der Waals surface area contributed by atoms with Gasteiger partial charge in [-0.05, 0) is 12.5 Å². The van der Waals surface area contributed by atoms with Crippen molar-refractivity contribution in [2.24, 2.45) is 0 Å². The van der Waals surface area contributed by atoms with Crippen LogP contribution in [0.1, 0.15) is 12.5 Å². The van der Waals surface area contributed by atoms with E-state index in [9.17, 15) is 10.1 Å². The Kier molecular flexibility index (Phi) is 5.38. The molecule has 0 heterocycles. The van der Waals surface area contributed by atoms with Crippen LogP contribution in [0, 0.1) is 10.1 Å². The lowest BCUT2D eigenvalue weighted by molar-refractivity contribution is -0.419. The fraction of sp³-hybridized carbons (Fsp3) is 0.143. The Morgan fingerprint density at radius 3 is 2.67 bits per heavy atom. The molecule has 0 saturated heterocycles. The number of nitrogens with zero attached hydrogens (tertiary/aromatic N) is 1. The van der Waals surface area contributed by atoms with Crippen LogP contribution in [0.2, 0.25) is 0 Å². The van der Waals surface area contributed by atoms with Gasteiger partial charge in [-0.3, -0.25) is 10.1 Å². The second-order valence-corrected chi connectivity index (χ2v) is 3.69. The largest absolute Gasteiger partial charge is 0.381 e. The van der Waals surface area contributed by atoms with Gasteiger partial charge in [0.2, 0.25) is 0 Å². The number of rotatable bonds is 6. The summed E-state index contributed by atoms with van der Waals surface area (Å²) in [6.07, 6.45) is 4.48. The molecule has 0 aliphatic rings. The van der Waals surface area contributed by atoms with Gasteiger partial charge >= 0.3 is 0 Å². The van der Waals surface area contributed by atoms with Crippen LogP contribution >= 0.6 is 0 Å². The van der Waals surface area contributed by atoms with Gasteiger partial charge < -0.3 is 5.32 Å². The first-order valence-corrected chi connectivity index (χ1v) is 5.59. The summed E-state index contributed by atoms with van der Waals surface area (Å²) in [5.41, 5.74) is 1.63. The maximum Gasteiger partial charge on any atom is 0.271 e. The van der Waals surface area contributed by atoms with E-state index >= 15 is 0 Å². The molecule has 0 aliphatic heterocycles. The van der Waals surface area contributed by atoms with Crippen molar-refractivity contribution in [3.05, 3.63) is 82.2 Å². The molecule has 1 rings (SSSR count). The van der Waals surface area contributed by atoms with E-state index in [2.05, 4.69) is 11.9 Å². The molecule has 94 valence electrons. The Bertz CT molecular complexity index is 476. The van der Waals surface area contributed by atoms with Gasteiger partial charge in [-0.25, -0.2) is 0 Å². The number of allylic oxidation sites excluding steroid dienone is 3. The molecular formula is C14H16N2O2. The first kappa shape index (κ1) is 13.7. The predicted molar refractivity (Wildman–Crippen MR) is 72.3 cm³/mol. The molecule has 0 aromatic heterocycles. The van der Waals surface area contributed by atoms with Gasteiger partial charge in [0.05, 0.1) is 4.92 Å². The molecule has 0 aliphatic carbocycles. The number of hydrogen-bond acceptors (Lipinski definition) is 3. The minimum atomic E-state index is -0.435. The number of nitro groups is 1. The van der Waals surface area contributed by atoms with E-state index in [0.717, 1.165) is 5.56 Å². The molecule has 1 N–H and O–H groups in total. The van der Waals surface area contributed by atoms with Crippen molar-refractivity contribution >= 4 is 0 Å². The summed E-state index contributed by atoms with van der Waals surface area (Å²) in [6.45, 7) is 6.08. The van der Waals surface area contributed by atoms with Crippen LogP contribution in [-0.4, -0.2) is 4.92 Å². The molecule has 4 heteroatoms. The second-order valence-electron chi connectivity index (χ2n) is 3.69. The van der Waals surface area contributed by atoms with E-state index in [1.807, 2.05) is 30.3 Å². The van der Waals surface area contributed by atoms with E-state index in [1.54, 1.807) is 13.0 Å². The zero-order valence-corrected chi connectivity index (χ0v) is 10.3. The van der Waals surface area contributed by atoms with Crippen molar-refractivity contribution in [3.63, 3.8) is 0 Å². The maximum atomic E-state index is 10.7. The highest BCUT2D eigenvalue weighted by molar-refractivity contribution is 5.23. The van der Waals surface area contributed by atoms with E-state index in [1.165, 1.54) is 12.2 Å². The Hall–Kier alpha value is -2.36. The third-order valence-electron chi connectivity index (χ3n) is 2.23. The van der Waals surface area contributed by atoms with E-state index in [0.29, 0.717) is 12.2 Å². The highest BCUT2D eigenvalue weighted by Crippen LogP contribution is 2.04. The lowest BCUT2D eigenvalue weighted by atomic mass is 10.2. The predicted octanol–water partition coefficient (Wildman–Crippen LogP) is 3.03. The summed E-state index contributed by atoms with van der Waals surface area (Å²) in [6, 6.07) is 9.78. The average molecular weight is 244 g/mol. The van der Waals surface area contributed by atoms with Crippen molar-refractivity contribution in [1.29, 1.82) is 0 Å². The maximum absolute atomic E-state index is 10.7. The molecule has 1 aromatic carbocycles. The smallest absolute Gasteiger partial charge is 0.271 e. The summed E-state index contributed by atoms with van der Waals surface area (Å²) in [4.78, 5) is 10.3. The van der Waals surface area contributed by atoms with Gasteiger partial charge in [0.25, 0.3) is 5.70 Å². The summed E-state index contributed by atoms with van der Waals surface area (Å²) in [7, 11) is 0. The topological polar surface area (TPSA) is 55.2 Å². The summed E-state index contributed by atoms with van der Waals surface area (Å²) in [5, 5.41) is 13.7. The normalized spacial score (nSPS) is 11.5. The van der Waals surface area contributed by atoms with Gasteiger partial charge in [-0.15, -0.1) is 0 Å². The fourth-order valence-corrected chi connectivity index (χ4v) is 1.37. The van der Waals surface area contributed by atoms with Gasteiger partial charge in [-0.1, -0.05) is 43.0 Å². The fourth-order valence-electron chi connectivity index (χ4n) is 1.37. The van der Waals surface area contributed by atoms with E-state index < -0.39 is 4.92 Å². The molecular weight excluding hydrogens is 228 g/mol. The lowest BCUT2D eigenvalue weighted by Gasteiger charge is -2.05. The molecule has 4 nitrogen and oxygen atoms in total. The van der Waals surface area contributed by atoms with Crippen LogP contribution in [0.3, 0.4) is 0 Å². The third kappa shape index (κ3) is 4.65. The zero-order valence-electron chi connectivity index (χ0n) is 10.3. The number of hydrogen-bond donors (Lipinski definition) is 1. The molecule has 0 saturated carbocycles. The van der Waals surface area contributed by atoms with E-state index in [-0.39, 0.29) is 5.70 Å². The average Bonchev–Trinajstić information content (AvgIpc) is 2.37. The van der Waals surface area contributed by atoms with E-state index in [4.69, 9.17) is 0 Å². The standard InChI is InChI=1S/C14H16N2O2/c1-3-7-14(16(17)18)10-12(2)15-11-13-8-5-4-6-9-13/h3-10,15H,2,11H2,1H3/b7-3-,14-10+. The number of nitrogens with one attached hydrogen (secondary N) is 1. The molecule has 0 unspecified atom stereocenters. The summed E-state index contributed by atoms with van der Waals surface area (Å²) < 4.78 is 0. The Labute approximate surface area is 106 Å². The highest BCUT2D eigenvalue weighted by atomic mass is 16.6. The zero-order chi connectivity index (χ0) is 13.4. The summed E-state index contributed by atoms with van der Waals surface area (Å²) in [5.74, 6) is 0. The first-order valence-electron chi connectivity index (χ1n) is 5.59. The Morgan fingerprint density at radius 1 is 1.44 bits per heavy atom. The first-order chi connectivity index (χ1) is 8.63. The van der Waals surface area contributed by atoms with Crippen LogP contribution in [0.25, 0.3) is 0 Å². The molecule has 0 amide bonds. The van der Waals surface area contributed by atoms with Gasteiger partial charge in [0.15, 0.2) is 0 Å². The van der Waals surface area contributed by atoms with Crippen LogP contribution in [-0.2, 0) is 6.54 Å². The van der Waals surface area contributed by atoms with Gasteiger partial charge in [0.1, 0.15) is 0 Å². The van der Waals surface area contributed by atoms with Crippen LogP contribution < -0.4 is 5.32 Å². The van der Waals surface area contributed by atoms with Crippen LogP contribution in [0.5, 0.6) is 0 Å². The summed E-state index contributed by atoms with van der Waals surface area (Å²) >= 11 is 0. The number of benzene rings is 1. The molecule has 0 spiro atoms. The van der Waals surface area contributed by atoms with Gasteiger partial charge in [-0.2, -0.15) is 0 Å². The minimum absolute atomic E-state index is 0.0167. The van der Waals surface area contributed by atoms with Crippen molar-refractivity contribution in [2.45, 2.75) is 13.5 Å². The molecule has 1 aromatic rings. The minimum Gasteiger partial charge on any atom is -0.381 e. The lowest BCUT2D eigenvalue weighted by Crippen LogP contribution is -2.11. The Balaban J connectivity index is 2.60. The third-order valence-corrected chi connectivity index (χ3v) is 2.23. The van der Waals surface area contributed by atoms with Gasteiger partial charge in [0, 0.05) is 24.4 Å². The molecule has 0 fully saturated rings. The quantitative estimate of drug-likeness (QED) is 0.475. The van der Waals surface area contributed by atoms with Crippen LogP contribution in [0.15, 0.2) is 66.5 Å². The van der Waals surface area contributed by atoms with Crippen molar-refractivity contribution < 1.29 is 4.92 Å². The van der Waals surface area contributed by atoms with Crippen molar-refractivity contribution in [2.75, 3.05) is 0 Å². The monoisotopic (exact) mass is 244 g/mol. The molecule has 0 bridgehead atoms. The SMILES string of the molecule is C=C(/C=C(\C=C/C)[N+](=O)[O-])NCc1ccccc1. The second kappa shape index (κ2) is 7.06. The van der Waals surface area contributed by atoms with Crippen molar-refractivity contribution in [3.8, 4) is 0 Å². The Morgan fingerprint density at radius 2 is 2.11 bits per heavy atom.